The number of hydrogen-bond acceptors (Lipinski definition) is 20. The molecular weight excluding hydrogens is 756 g/mol. The number of carboxylic acid groups (broad SMARTS) is 1. The summed E-state index contributed by atoms with van der Waals surface area (Å²) < 4.78 is 44.3. The lowest BCUT2D eigenvalue weighted by Crippen LogP contribution is -2.60. The van der Waals surface area contributed by atoms with Gasteiger partial charge in [-0.15, -0.1) is 0 Å². The van der Waals surface area contributed by atoms with Crippen LogP contribution in [0.1, 0.15) is 19.8 Å². The highest BCUT2D eigenvalue weighted by atomic mass is 16.7. The second-order valence-electron chi connectivity index (χ2n) is 13.3. The van der Waals surface area contributed by atoms with Crippen molar-refractivity contribution in [3.8, 4) is 40.1 Å². The number of phenolic OH excluding ortho intramolecular Hbond substituents is 1. The maximum Gasteiger partial charge on any atom is 0.308 e. The molecule has 2 aromatic carbocycles. The first kappa shape index (κ1) is 42.3. The van der Waals surface area contributed by atoms with Crippen LogP contribution >= 0.6 is 0 Å². The monoisotopic (exact) mass is 798 g/mol. The molecular formula is C35H42O21. The van der Waals surface area contributed by atoms with Crippen molar-refractivity contribution in [3.05, 3.63) is 40.6 Å². The van der Waals surface area contributed by atoms with Crippen LogP contribution in [0.2, 0.25) is 0 Å². The fraction of sp³-hybridized carbons (Fsp3) is 0.514. The zero-order valence-electron chi connectivity index (χ0n) is 30.0. The van der Waals surface area contributed by atoms with Gasteiger partial charge in [0.2, 0.25) is 23.8 Å². The Morgan fingerprint density at radius 1 is 0.804 bits per heavy atom. The smallest absolute Gasteiger partial charge is 0.308 e. The second-order valence-corrected chi connectivity index (χ2v) is 13.3. The summed E-state index contributed by atoms with van der Waals surface area (Å²) in [6.45, 7) is -0.418. The molecule has 3 heterocycles. The molecule has 0 bridgehead atoms. The number of phenols is 1. The lowest BCUT2D eigenvalue weighted by atomic mass is 9.98. The van der Waals surface area contributed by atoms with Crippen molar-refractivity contribution in [1.82, 2.24) is 0 Å². The number of carboxylic acids is 1. The maximum atomic E-state index is 14.1. The number of fused-ring (bicyclic) bond motifs is 1. The summed E-state index contributed by atoms with van der Waals surface area (Å²) in [5.41, 5.74) is -3.20. The van der Waals surface area contributed by atoms with Crippen LogP contribution in [0.15, 0.2) is 39.5 Å². The van der Waals surface area contributed by atoms with Gasteiger partial charge in [0.1, 0.15) is 77.9 Å². The van der Waals surface area contributed by atoms with Gasteiger partial charge in [-0.05, 0) is 25.1 Å². The minimum absolute atomic E-state index is 0.0177. The van der Waals surface area contributed by atoms with Crippen molar-refractivity contribution in [2.75, 3.05) is 27.4 Å². The van der Waals surface area contributed by atoms with Gasteiger partial charge in [-0.1, -0.05) is 0 Å². The Morgan fingerprint density at radius 2 is 1.43 bits per heavy atom. The van der Waals surface area contributed by atoms with Crippen molar-refractivity contribution in [3.63, 3.8) is 0 Å². The molecule has 21 heteroatoms. The number of esters is 1. The minimum atomic E-state index is -2.05. The number of methoxy groups -OCH3 is 2. The van der Waals surface area contributed by atoms with E-state index in [2.05, 4.69) is 0 Å². The zero-order valence-corrected chi connectivity index (χ0v) is 30.0. The molecule has 10 N–H and O–H groups in total. The number of aliphatic hydroxyl groups excluding tert-OH is 7. The van der Waals surface area contributed by atoms with E-state index in [-0.39, 0.29) is 34.2 Å². The van der Waals surface area contributed by atoms with E-state index in [4.69, 9.17) is 42.7 Å². The van der Waals surface area contributed by atoms with Crippen molar-refractivity contribution < 1.29 is 98.2 Å². The molecule has 0 amide bonds. The summed E-state index contributed by atoms with van der Waals surface area (Å²) in [6, 6.07) is 6.26. The summed E-state index contributed by atoms with van der Waals surface area (Å²) in [4.78, 5) is 37.5. The summed E-state index contributed by atoms with van der Waals surface area (Å²) in [7, 11) is 2.53. The Hall–Kier alpha value is -4.81. The molecule has 21 nitrogen and oxygen atoms in total. The predicted octanol–water partition coefficient (Wildman–Crippen LogP) is -2.29. The average molecular weight is 799 g/mol. The Bertz CT molecular complexity index is 1940. The summed E-state index contributed by atoms with van der Waals surface area (Å²) >= 11 is 0. The fourth-order valence-corrected chi connectivity index (χ4v) is 6.06. The van der Waals surface area contributed by atoms with E-state index in [1.165, 1.54) is 38.5 Å². The summed E-state index contributed by atoms with van der Waals surface area (Å²) in [5, 5.41) is 102. The molecule has 0 aliphatic carbocycles. The highest BCUT2D eigenvalue weighted by molar-refractivity contribution is 5.88. The van der Waals surface area contributed by atoms with Crippen LogP contribution in [0.4, 0.5) is 0 Å². The molecule has 56 heavy (non-hydrogen) atoms. The van der Waals surface area contributed by atoms with Crippen LogP contribution in [0.25, 0.3) is 22.3 Å². The number of rotatable bonds is 14. The highest BCUT2D eigenvalue weighted by Gasteiger charge is 2.47. The predicted molar refractivity (Wildman–Crippen MR) is 183 cm³/mol. The van der Waals surface area contributed by atoms with E-state index < -0.39 is 127 Å². The van der Waals surface area contributed by atoms with Crippen LogP contribution in [0.3, 0.4) is 0 Å². The number of aromatic hydroxyl groups is 1. The number of aliphatic carboxylic acids is 1. The maximum absolute atomic E-state index is 14.1. The van der Waals surface area contributed by atoms with E-state index in [1.807, 2.05) is 0 Å². The molecule has 2 fully saturated rings. The average Bonchev–Trinajstić information content (AvgIpc) is 3.14. The standard InChI is InChI=1S/C35H42O21/c1-35(48,9-21(38)39)10-22(40)51-12-20-25(42)28(45)30(47)34(55-20)56-32-26(43)23-15(37)7-14(49-2)8-18(23)52-31(32)13-4-5-16(17(6-13)50-3)53-33-29(46)27(44)24(41)19(11-36)54-33/h4-8,19-20,24-25,27-30,33-34,36-37,41-42,44-48H,9-12H2,1-3H3,(H,38,39)/t19-,20-,24-,25-,27+,28+,29-,30-,33-,34-,35?/m1/s1. The van der Waals surface area contributed by atoms with E-state index >= 15 is 0 Å². The topological polar surface area (TPSA) is 331 Å². The number of aliphatic hydroxyl groups is 8. The Labute approximate surface area is 315 Å². The van der Waals surface area contributed by atoms with Gasteiger partial charge in [0.05, 0.1) is 39.3 Å². The van der Waals surface area contributed by atoms with Gasteiger partial charge < -0.3 is 88.6 Å². The van der Waals surface area contributed by atoms with Gasteiger partial charge in [-0.25, -0.2) is 0 Å². The van der Waals surface area contributed by atoms with Crippen LogP contribution in [0.5, 0.6) is 28.7 Å². The van der Waals surface area contributed by atoms with Crippen LogP contribution in [-0.2, 0) is 23.8 Å². The molecule has 0 saturated carbocycles. The summed E-state index contributed by atoms with van der Waals surface area (Å²) in [5.74, 6) is -4.27. The van der Waals surface area contributed by atoms with Crippen molar-refractivity contribution >= 4 is 22.9 Å². The van der Waals surface area contributed by atoms with Gasteiger partial charge in [0.25, 0.3) is 0 Å². The van der Waals surface area contributed by atoms with Gasteiger partial charge in [0, 0.05) is 17.7 Å². The number of carbonyl (C=O) groups excluding carboxylic acids is 1. The van der Waals surface area contributed by atoms with Crippen LogP contribution in [-0.4, -0.2) is 157 Å². The van der Waals surface area contributed by atoms with Crippen molar-refractivity contribution in [2.24, 2.45) is 0 Å². The van der Waals surface area contributed by atoms with E-state index in [0.717, 1.165) is 13.0 Å². The fourth-order valence-electron chi connectivity index (χ4n) is 6.06. The molecule has 1 unspecified atom stereocenters. The normalized spacial score (nSPS) is 28.9. The lowest BCUT2D eigenvalue weighted by Gasteiger charge is -2.40. The van der Waals surface area contributed by atoms with Crippen molar-refractivity contribution in [2.45, 2.75) is 86.8 Å². The SMILES string of the molecule is COc1cc(O)c2c(=O)c(O[C@H]3O[C@H](COC(=O)CC(C)(O)CC(=O)O)[C@@H](O)[C@H](O)[C@H]3O)c(-c3ccc(O[C@@H]4O[C@H](CO)[C@@H](O)[C@H](O)[C@H]4O)c(OC)c3)oc2c1. The Kier molecular flexibility index (Phi) is 13.0. The molecule has 3 aromatic rings. The first-order chi connectivity index (χ1) is 26.4. The third-order valence-electron chi connectivity index (χ3n) is 9.03. The van der Waals surface area contributed by atoms with Gasteiger partial charge >= 0.3 is 11.9 Å². The third kappa shape index (κ3) is 8.92. The van der Waals surface area contributed by atoms with Gasteiger partial charge in [0.15, 0.2) is 17.3 Å². The molecule has 11 atom stereocenters. The molecule has 5 rings (SSSR count). The first-order valence-electron chi connectivity index (χ1n) is 16.9. The number of benzene rings is 2. The second kappa shape index (κ2) is 17.1. The van der Waals surface area contributed by atoms with Crippen molar-refractivity contribution in [1.29, 1.82) is 0 Å². The lowest BCUT2D eigenvalue weighted by molar-refractivity contribution is -0.278. The molecule has 0 spiro atoms. The Morgan fingerprint density at radius 3 is 2.04 bits per heavy atom. The highest BCUT2D eigenvalue weighted by Crippen LogP contribution is 2.41. The quantitative estimate of drug-likeness (QED) is 0.0767. The molecule has 1 aromatic heterocycles. The minimum Gasteiger partial charge on any atom is -0.507 e. The third-order valence-corrected chi connectivity index (χ3v) is 9.03. The number of ether oxygens (including phenoxy) is 7. The number of hydrogen-bond donors (Lipinski definition) is 10. The Balaban J connectivity index is 1.50. The first-order valence-corrected chi connectivity index (χ1v) is 16.9. The van der Waals surface area contributed by atoms with E-state index in [9.17, 15) is 60.3 Å². The number of carbonyl (C=O) groups is 2. The van der Waals surface area contributed by atoms with E-state index in [1.54, 1.807) is 0 Å². The van der Waals surface area contributed by atoms with E-state index in [0.29, 0.717) is 0 Å². The summed E-state index contributed by atoms with van der Waals surface area (Å²) in [6.07, 6.45) is -19.2. The molecule has 0 radical (unpaired) electrons. The molecule has 2 saturated heterocycles. The molecule has 2 aliphatic rings. The van der Waals surface area contributed by atoms with Crippen LogP contribution < -0.4 is 24.4 Å². The largest absolute Gasteiger partial charge is 0.507 e. The molecule has 308 valence electrons. The molecule has 2 aliphatic heterocycles. The van der Waals surface area contributed by atoms with Crippen LogP contribution in [0, 0.1) is 0 Å². The zero-order chi connectivity index (χ0) is 41.2. The van der Waals surface area contributed by atoms with Gasteiger partial charge in [-0.3, -0.25) is 14.4 Å². The van der Waals surface area contributed by atoms with Gasteiger partial charge in [-0.2, -0.15) is 0 Å².